The van der Waals surface area contributed by atoms with Gasteiger partial charge in [-0.1, -0.05) is 11.6 Å². The topological polar surface area (TPSA) is 79.8 Å². The Morgan fingerprint density at radius 1 is 1.26 bits per heavy atom. The maximum absolute atomic E-state index is 13.7. The number of anilines is 1. The van der Waals surface area contributed by atoms with Crippen molar-refractivity contribution in [2.24, 2.45) is 0 Å². The summed E-state index contributed by atoms with van der Waals surface area (Å²) in [6, 6.07) is 6.88. The molecule has 168 valence electrons. The van der Waals surface area contributed by atoms with Crippen molar-refractivity contribution in [2.75, 3.05) is 36.8 Å². The van der Waals surface area contributed by atoms with Crippen molar-refractivity contribution in [2.45, 2.75) is 25.8 Å². The van der Waals surface area contributed by atoms with Gasteiger partial charge in [-0.2, -0.15) is 0 Å². The van der Waals surface area contributed by atoms with Gasteiger partial charge in [0.15, 0.2) is 0 Å². The normalized spacial score (nSPS) is 14.5. The lowest BCUT2D eigenvalue weighted by atomic mass is 10.2. The molecule has 0 unspecified atom stereocenters. The third kappa shape index (κ3) is 6.15. The van der Waals surface area contributed by atoms with Crippen LogP contribution in [0.25, 0.3) is 0 Å². The minimum atomic E-state index is -3.73. The molecule has 0 amide bonds. The van der Waals surface area contributed by atoms with E-state index < -0.39 is 21.8 Å². The van der Waals surface area contributed by atoms with E-state index in [0.29, 0.717) is 18.7 Å². The minimum absolute atomic E-state index is 0.0568. The van der Waals surface area contributed by atoms with E-state index in [-0.39, 0.29) is 28.6 Å². The van der Waals surface area contributed by atoms with E-state index in [9.17, 15) is 17.6 Å². The number of aromatic nitrogens is 1. The molecule has 2 aromatic rings. The predicted octanol–water partition coefficient (Wildman–Crippen LogP) is 3.48. The van der Waals surface area contributed by atoms with Crippen LogP contribution in [0.3, 0.4) is 0 Å². The third-order valence-corrected chi connectivity index (χ3v) is 7.26. The number of benzene rings is 1. The number of ether oxygens (including phenoxy) is 1. The highest BCUT2D eigenvalue weighted by Gasteiger charge is 2.25. The first-order chi connectivity index (χ1) is 14.8. The summed E-state index contributed by atoms with van der Waals surface area (Å²) in [5.74, 6) is -1.22. The first-order valence-electron chi connectivity index (χ1n) is 10.0. The highest BCUT2D eigenvalue weighted by atomic mass is 35.5. The zero-order chi connectivity index (χ0) is 22.4. The van der Waals surface area contributed by atoms with Gasteiger partial charge in [0.25, 0.3) is 0 Å². The Kier molecular flexibility index (Phi) is 7.85. The minimum Gasteiger partial charge on any atom is -0.465 e. The molecular formula is C21H25ClFN3O4S. The molecule has 0 N–H and O–H groups in total. The molecule has 31 heavy (non-hydrogen) atoms. The van der Waals surface area contributed by atoms with Gasteiger partial charge in [-0.05, 0) is 69.2 Å². The fraction of sp³-hybridized carbons (Fsp3) is 0.429. The molecule has 2 heterocycles. The number of hydrogen-bond donors (Lipinski definition) is 0. The molecule has 1 aromatic carbocycles. The SMILES string of the molecule is COC(=O)c1ccc(CN(c2ccc(F)c(Cl)c2)S(=O)(=O)CCCN2CCCC2)nc1. The number of nitrogens with zero attached hydrogens (tertiary/aromatic N) is 3. The Morgan fingerprint density at radius 2 is 2.00 bits per heavy atom. The van der Waals surface area contributed by atoms with Crippen LogP contribution >= 0.6 is 11.6 Å². The van der Waals surface area contributed by atoms with Gasteiger partial charge in [0.2, 0.25) is 10.0 Å². The smallest absolute Gasteiger partial charge is 0.339 e. The Balaban J connectivity index is 1.81. The summed E-state index contributed by atoms with van der Waals surface area (Å²) in [4.78, 5) is 18.0. The summed E-state index contributed by atoms with van der Waals surface area (Å²) in [5.41, 5.74) is 0.943. The van der Waals surface area contributed by atoms with E-state index in [1.165, 1.54) is 35.8 Å². The van der Waals surface area contributed by atoms with Gasteiger partial charge in [-0.25, -0.2) is 17.6 Å². The van der Waals surface area contributed by atoms with Crippen LogP contribution in [-0.4, -0.2) is 56.8 Å². The number of carbonyl (C=O) groups is 1. The average molecular weight is 470 g/mol. The second kappa shape index (κ2) is 10.4. The number of likely N-dealkylation sites (tertiary alicyclic amines) is 1. The molecule has 1 aliphatic rings. The number of pyridine rings is 1. The second-order valence-corrected chi connectivity index (χ2v) is 9.77. The number of rotatable bonds is 9. The van der Waals surface area contributed by atoms with Crippen molar-refractivity contribution >= 4 is 33.3 Å². The van der Waals surface area contributed by atoms with E-state index in [4.69, 9.17) is 11.6 Å². The van der Waals surface area contributed by atoms with Gasteiger partial charge >= 0.3 is 5.97 Å². The zero-order valence-electron chi connectivity index (χ0n) is 17.3. The van der Waals surface area contributed by atoms with Crippen LogP contribution in [0.2, 0.25) is 5.02 Å². The Hall–Kier alpha value is -2.23. The molecule has 0 aliphatic carbocycles. The number of methoxy groups -OCH3 is 1. The van der Waals surface area contributed by atoms with Gasteiger partial charge in [-0.15, -0.1) is 0 Å². The molecule has 0 atom stereocenters. The van der Waals surface area contributed by atoms with Crippen LogP contribution < -0.4 is 4.31 Å². The highest BCUT2D eigenvalue weighted by molar-refractivity contribution is 7.92. The van der Waals surface area contributed by atoms with E-state index >= 15 is 0 Å². The number of carbonyl (C=O) groups excluding carboxylic acids is 1. The molecule has 0 radical (unpaired) electrons. The summed E-state index contributed by atoms with van der Waals surface area (Å²) in [5, 5.41) is -0.163. The molecule has 10 heteroatoms. The Labute approximate surface area is 186 Å². The van der Waals surface area contributed by atoms with Crippen LogP contribution in [0.15, 0.2) is 36.5 Å². The van der Waals surface area contributed by atoms with Crippen LogP contribution in [0.1, 0.15) is 35.3 Å². The fourth-order valence-electron chi connectivity index (χ4n) is 3.48. The lowest BCUT2D eigenvalue weighted by molar-refractivity contribution is 0.0600. The summed E-state index contributed by atoms with van der Waals surface area (Å²) in [6.45, 7) is 2.63. The molecular weight excluding hydrogens is 445 g/mol. The molecule has 0 saturated carbocycles. The summed E-state index contributed by atoms with van der Waals surface area (Å²) in [6.07, 6.45) is 4.10. The molecule has 3 rings (SSSR count). The van der Waals surface area contributed by atoms with Crippen molar-refractivity contribution in [1.29, 1.82) is 0 Å². The quantitative estimate of drug-likeness (QED) is 0.523. The van der Waals surface area contributed by atoms with Crippen LogP contribution in [0.5, 0.6) is 0 Å². The number of esters is 1. The molecule has 1 fully saturated rings. The van der Waals surface area contributed by atoms with E-state index in [1.807, 2.05) is 0 Å². The number of hydrogen-bond acceptors (Lipinski definition) is 6. The first-order valence-corrected chi connectivity index (χ1v) is 12.0. The Bertz CT molecular complexity index is 1010. The fourth-order valence-corrected chi connectivity index (χ4v) is 5.13. The van der Waals surface area contributed by atoms with E-state index in [2.05, 4.69) is 14.6 Å². The molecule has 1 saturated heterocycles. The lowest BCUT2D eigenvalue weighted by Gasteiger charge is -2.25. The summed E-state index contributed by atoms with van der Waals surface area (Å²) >= 11 is 5.90. The molecule has 1 aromatic heterocycles. The summed E-state index contributed by atoms with van der Waals surface area (Å²) in [7, 11) is -2.46. The molecule has 0 bridgehead atoms. The zero-order valence-corrected chi connectivity index (χ0v) is 18.8. The lowest BCUT2D eigenvalue weighted by Crippen LogP contribution is -2.34. The largest absolute Gasteiger partial charge is 0.465 e. The van der Waals surface area contributed by atoms with Crippen molar-refractivity contribution in [3.8, 4) is 0 Å². The monoisotopic (exact) mass is 469 g/mol. The second-order valence-electron chi connectivity index (χ2n) is 7.35. The number of sulfonamides is 1. The van der Waals surface area contributed by atoms with E-state index in [1.54, 1.807) is 6.07 Å². The molecule has 7 nitrogen and oxygen atoms in total. The van der Waals surface area contributed by atoms with Crippen LogP contribution in [-0.2, 0) is 21.3 Å². The average Bonchev–Trinajstić information content (AvgIpc) is 3.27. The maximum atomic E-state index is 13.7. The maximum Gasteiger partial charge on any atom is 0.339 e. The van der Waals surface area contributed by atoms with Gasteiger partial charge in [-0.3, -0.25) is 9.29 Å². The van der Waals surface area contributed by atoms with Crippen LogP contribution in [0, 0.1) is 5.82 Å². The highest BCUT2D eigenvalue weighted by Crippen LogP contribution is 2.27. The molecule has 0 spiro atoms. The molecule has 1 aliphatic heterocycles. The van der Waals surface area contributed by atoms with E-state index in [0.717, 1.165) is 32.0 Å². The standard InChI is InChI=1S/C21H25ClFN3O4S/c1-30-21(27)16-5-6-17(24-14-16)15-26(18-7-8-20(23)19(22)13-18)31(28,29)12-4-11-25-9-2-3-10-25/h5-8,13-14H,2-4,9-12,15H2,1H3. The van der Waals surface area contributed by atoms with Gasteiger partial charge in [0.05, 0.1) is 41.4 Å². The summed E-state index contributed by atoms with van der Waals surface area (Å²) < 4.78 is 45.9. The Morgan fingerprint density at radius 3 is 2.61 bits per heavy atom. The number of halogens is 2. The van der Waals surface area contributed by atoms with Crippen LogP contribution in [0.4, 0.5) is 10.1 Å². The van der Waals surface area contributed by atoms with Crippen molar-refractivity contribution in [1.82, 2.24) is 9.88 Å². The van der Waals surface area contributed by atoms with Gasteiger partial charge in [0, 0.05) is 6.20 Å². The van der Waals surface area contributed by atoms with Crippen molar-refractivity contribution < 1.29 is 22.3 Å². The van der Waals surface area contributed by atoms with Gasteiger partial charge in [0.1, 0.15) is 5.82 Å². The van der Waals surface area contributed by atoms with Gasteiger partial charge < -0.3 is 9.64 Å². The predicted molar refractivity (Wildman–Crippen MR) is 117 cm³/mol. The van der Waals surface area contributed by atoms with Crippen molar-refractivity contribution in [3.63, 3.8) is 0 Å². The first kappa shape index (κ1) is 23.4. The third-order valence-electron chi connectivity index (χ3n) is 5.15. The van der Waals surface area contributed by atoms with Crippen molar-refractivity contribution in [3.05, 3.63) is 58.6 Å².